The fraction of sp³-hybridized carbons (Fsp3) is 0.190. The van der Waals surface area contributed by atoms with Gasteiger partial charge in [0.05, 0.1) is 16.9 Å². The first kappa shape index (κ1) is 23.6. The number of nitrogen functional groups attached to an aromatic ring is 1. The molecule has 3 heterocycles. The highest BCUT2D eigenvalue weighted by atomic mass is 35.5. The van der Waals surface area contributed by atoms with Crippen LogP contribution >= 0.6 is 30.8 Å². The van der Waals surface area contributed by atoms with Crippen molar-refractivity contribution in [1.82, 2.24) is 10.1 Å². The molecule has 0 saturated heterocycles. The van der Waals surface area contributed by atoms with Crippen LogP contribution in [0.1, 0.15) is 21.8 Å². The number of halogens is 1. The van der Waals surface area contributed by atoms with Crippen molar-refractivity contribution < 1.29 is 28.0 Å². The van der Waals surface area contributed by atoms with Crippen LogP contribution in [0.4, 0.5) is 5.82 Å². The smallest absolute Gasteiger partial charge is 0.285 e. The molecular formula is C21H20ClN4O5PS. The number of hydrogen-bond acceptors (Lipinski definition) is 8. The van der Waals surface area contributed by atoms with Gasteiger partial charge in [0.2, 0.25) is 0 Å². The second-order valence-corrected chi connectivity index (χ2v) is 9.77. The van der Waals surface area contributed by atoms with Gasteiger partial charge >= 0.3 is 0 Å². The van der Waals surface area contributed by atoms with Crippen LogP contribution < -0.4 is 15.2 Å². The molecule has 0 fully saturated rings. The molecule has 0 radical (unpaired) electrons. The van der Waals surface area contributed by atoms with E-state index in [-0.39, 0.29) is 5.82 Å². The topological polar surface area (TPSA) is 138 Å². The molecule has 9 nitrogen and oxygen atoms in total. The van der Waals surface area contributed by atoms with E-state index in [2.05, 4.69) is 38.9 Å². The number of phosphoric acid groups is 1. The van der Waals surface area contributed by atoms with Crippen LogP contribution in [0.3, 0.4) is 0 Å². The van der Waals surface area contributed by atoms with Gasteiger partial charge in [-0.15, -0.1) is 11.3 Å². The Morgan fingerprint density at radius 3 is 2.70 bits per heavy atom. The lowest BCUT2D eigenvalue weighted by molar-refractivity contribution is -0.712. The summed E-state index contributed by atoms with van der Waals surface area (Å²) in [5.41, 5.74) is 9.64. The molecule has 1 atom stereocenters. The Labute approximate surface area is 198 Å². The van der Waals surface area contributed by atoms with Gasteiger partial charge < -0.3 is 14.3 Å². The molecule has 0 spiro atoms. The monoisotopic (exact) mass is 506 g/mol. The van der Waals surface area contributed by atoms with E-state index in [4.69, 9.17) is 26.8 Å². The average molecular weight is 507 g/mol. The van der Waals surface area contributed by atoms with E-state index in [1.807, 2.05) is 5.38 Å². The molecule has 12 heteroatoms. The summed E-state index contributed by atoms with van der Waals surface area (Å²) < 4.78 is 22.0. The number of nitrogens with zero attached hydrogens (tertiary/aromatic N) is 3. The first-order valence-corrected chi connectivity index (χ1v) is 12.6. The summed E-state index contributed by atoms with van der Waals surface area (Å²) in [6.07, 6.45) is 3.83. The number of thiazole rings is 1. The predicted octanol–water partition coefficient (Wildman–Crippen LogP) is 3.13. The minimum absolute atomic E-state index is 0.208. The number of nitrogens with two attached hydrogens (primary N) is 1. The number of hydrogen-bond donors (Lipinski definition) is 2. The third-order valence-corrected chi connectivity index (χ3v) is 6.53. The maximum Gasteiger partial charge on any atom is 0.285 e. The maximum atomic E-state index is 10.8. The summed E-state index contributed by atoms with van der Waals surface area (Å²) in [5.74, 6) is 0.643. The highest BCUT2D eigenvalue weighted by Crippen LogP contribution is 2.30. The van der Waals surface area contributed by atoms with Crippen molar-refractivity contribution >= 4 is 36.6 Å². The number of rotatable bonds is 9. The van der Waals surface area contributed by atoms with Crippen molar-refractivity contribution in [1.29, 1.82) is 0 Å². The van der Waals surface area contributed by atoms with Gasteiger partial charge in [-0.05, 0) is 29.7 Å². The number of phosphoric ester groups is 1. The summed E-state index contributed by atoms with van der Waals surface area (Å²) in [6, 6.07) is 13.4. The number of aryl methyl sites for hydroxylation is 2. The molecule has 0 amide bonds. The largest absolute Gasteiger partial charge is 0.756 e. The second-order valence-electron chi connectivity index (χ2n) is 7.24. The van der Waals surface area contributed by atoms with Crippen LogP contribution in [0, 0.1) is 0 Å². The lowest BCUT2D eigenvalue weighted by Gasteiger charge is -2.14. The molecular weight excluding hydrogens is 487 g/mol. The number of anilines is 1. The molecule has 3 aromatic heterocycles. The number of aromatic nitrogens is 3. The van der Waals surface area contributed by atoms with Crippen LogP contribution in [-0.4, -0.2) is 15.0 Å². The number of pyridine rings is 1. The predicted molar refractivity (Wildman–Crippen MR) is 121 cm³/mol. The van der Waals surface area contributed by atoms with E-state index in [1.165, 1.54) is 16.3 Å². The van der Waals surface area contributed by atoms with E-state index in [1.54, 1.807) is 29.5 Å². The Balaban J connectivity index is 1.40. The Kier molecular flexibility index (Phi) is 7.23. The van der Waals surface area contributed by atoms with Crippen LogP contribution in [0.5, 0.6) is 0 Å². The van der Waals surface area contributed by atoms with Crippen LogP contribution in [0.25, 0.3) is 11.3 Å². The van der Waals surface area contributed by atoms with Gasteiger partial charge in [-0.3, -0.25) is 14.8 Å². The third-order valence-electron chi connectivity index (χ3n) is 4.86. The molecule has 0 saturated carbocycles. The van der Waals surface area contributed by atoms with Crippen LogP contribution in [0.2, 0.25) is 5.15 Å². The van der Waals surface area contributed by atoms with Crippen molar-refractivity contribution in [2.24, 2.45) is 0 Å². The third kappa shape index (κ3) is 6.48. The fourth-order valence-electron chi connectivity index (χ4n) is 3.23. The maximum absolute atomic E-state index is 10.8. The quantitative estimate of drug-likeness (QED) is 0.261. The zero-order valence-electron chi connectivity index (χ0n) is 17.3. The van der Waals surface area contributed by atoms with Gasteiger partial charge in [0.25, 0.3) is 13.6 Å². The summed E-state index contributed by atoms with van der Waals surface area (Å²) >= 11 is 7.43. The zero-order valence-corrected chi connectivity index (χ0v) is 19.7. The van der Waals surface area contributed by atoms with E-state index in [0.29, 0.717) is 22.9 Å². The Bertz CT molecular complexity index is 1290. The lowest BCUT2D eigenvalue weighted by Crippen LogP contribution is -2.38. The van der Waals surface area contributed by atoms with Gasteiger partial charge in [0.15, 0.2) is 12.5 Å². The fourth-order valence-corrected chi connectivity index (χ4v) is 4.44. The molecule has 4 aromatic rings. The van der Waals surface area contributed by atoms with Gasteiger partial charge in [-0.2, -0.15) is 0 Å². The van der Waals surface area contributed by atoms with Gasteiger partial charge in [0.1, 0.15) is 10.7 Å². The molecule has 33 heavy (non-hydrogen) atoms. The molecule has 172 valence electrons. The Hall–Kier alpha value is -2.59. The molecule has 1 aromatic carbocycles. The number of benzene rings is 1. The van der Waals surface area contributed by atoms with Crippen LogP contribution in [0.15, 0.2) is 58.6 Å². The summed E-state index contributed by atoms with van der Waals surface area (Å²) in [6.45, 7) is -0.458. The Morgan fingerprint density at radius 2 is 2.00 bits per heavy atom. The molecule has 1 unspecified atom stereocenters. The second kappa shape index (κ2) is 10.1. The Morgan fingerprint density at radius 1 is 1.24 bits per heavy atom. The lowest BCUT2D eigenvalue weighted by atomic mass is 10.0. The highest BCUT2D eigenvalue weighted by molar-refractivity contribution is 7.44. The standard InChI is InChI=1S/C21H20ClN4O5PS/c22-19-12-33-20(24-19)8-7-14-3-5-15(6-4-14)10-16-11-18(31-25-16)17-2-1-9-26(21(17)23)13-30-32(27,28)29/h1-6,9,11-12,23H,7-8,10,13H2,(H2,27,28,29). The molecule has 0 aliphatic carbocycles. The van der Waals surface area contributed by atoms with E-state index in [9.17, 15) is 9.46 Å². The molecule has 3 N–H and O–H groups in total. The SMILES string of the molecule is Nc1c(-c2cc(Cc3ccc(CCc4nc(Cl)cs4)cc3)no2)ccc[n+]1COP(=O)([O-])O. The van der Waals surface area contributed by atoms with Crippen LogP contribution in [-0.2, 0) is 35.1 Å². The van der Waals surface area contributed by atoms with Crippen molar-refractivity contribution in [3.8, 4) is 11.3 Å². The first-order chi connectivity index (χ1) is 15.8. The first-order valence-electron chi connectivity index (χ1n) is 9.87. The van der Waals surface area contributed by atoms with Crippen molar-refractivity contribution in [2.45, 2.75) is 26.0 Å². The van der Waals surface area contributed by atoms with Gasteiger partial charge in [0, 0.05) is 24.3 Å². The molecule has 0 bridgehead atoms. The van der Waals surface area contributed by atoms with Crippen molar-refractivity contribution in [3.05, 3.63) is 81.0 Å². The molecule has 0 aliphatic rings. The van der Waals surface area contributed by atoms with Gasteiger partial charge in [-0.1, -0.05) is 41.0 Å². The summed E-state index contributed by atoms with van der Waals surface area (Å²) in [4.78, 5) is 23.9. The molecule has 0 aliphatic heterocycles. The molecule has 4 rings (SSSR count). The minimum atomic E-state index is -4.87. The van der Waals surface area contributed by atoms with Crippen molar-refractivity contribution in [3.63, 3.8) is 0 Å². The summed E-state index contributed by atoms with van der Waals surface area (Å²) in [7, 11) is -4.87. The zero-order chi connectivity index (χ0) is 23.4. The normalized spacial score (nSPS) is 13.2. The van der Waals surface area contributed by atoms with Gasteiger partial charge in [-0.25, -0.2) is 9.55 Å². The van der Waals surface area contributed by atoms with Crippen molar-refractivity contribution in [2.75, 3.05) is 5.73 Å². The highest BCUT2D eigenvalue weighted by Gasteiger charge is 2.18. The summed E-state index contributed by atoms with van der Waals surface area (Å²) in [5, 5.41) is 7.51. The van der Waals surface area contributed by atoms with E-state index >= 15 is 0 Å². The average Bonchev–Trinajstić information content (AvgIpc) is 3.41. The van der Waals surface area contributed by atoms with E-state index in [0.717, 1.165) is 29.1 Å². The van der Waals surface area contributed by atoms with E-state index < -0.39 is 14.6 Å². The minimum Gasteiger partial charge on any atom is -0.756 e.